The summed E-state index contributed by atoms with van der Waals surface area (Å²) in [5.41, 5.74) is 12.4. The van der Waals surface area contributed by atoms with E-state index in [1.54, 1.807) is 0 Å². The lowest BCUT2D eigenvalue weighted by molar-refractivity contribution is 0.669. The third-order valence-electron chi connectivity index (χ3n) is 12.1. The fraction of sp³-hybridized carbons (Fsp3) is 0. The average molecular weight is 753 g/mol. The van der Waals surface area contributed by atoms with Gasteiger partial charge in [-0.2, -0.15) is 0 Å². The van der Waals surface area contributed by atoms with Gasteiger partial charge in [-0.3, -0.25) is 4.57 Å². The predicted molar refractivity (Wildman–Crippen MR) is 244 cm³/mol. The van der Waals surface area contributed by atoms with Gasteiger partial charge in [0.15, 0.2) is 0 Å². The van der Waals surface area contributed by atoms with Gasteiger partial charge in [0.25, 0.3) is 0 Å². The van der Waals surface area contributed by atoms with Gasteiger partial charge in [0.05, 0.1) is 33.3 Å². The highest BCUT2D eigenvalue weighted by atomic mass is 16.3. The summed E-state index contributed by atoms with van der Waals surface area (Å²) in [6.07, 6.45) is 0. The second-order valence-corrected chi connectivity index (χ2v) is 15.3. The number of hydrogen-bond donors (Lipinski definition) is 0. The Morgan fingerprint density at radius 1 is 0.356 bits per heavy atom. The first-order chi connectivity index (χ1) is 29.3. The van der Waals surface area contributed by atoms with E-state index in [2.05, 4.69) is 185 Å². The molecule has 0 saturated heterocycles. The summed E-state index contributed by atoms with van der Waals surface area (Å²) < 4.78 is 11.0. The molecule has 274 valence electrons. The molecule has 13 aromatic rings. The van der Waals surface area contributed by atoms with Gasteiger partial charge in [-0.05, 0) is 82.6 Å². The van der Waals surface area contributed by atoms with Crippen molar-refractivity contribution in [1.29, 1.82) is 0 Å². The van der Waals surface area contributed by atoms with E-state index in [1.165, 1.54) is 43.6 Å². The van der Waals surface area contributed by atoms with E-state index in [0.717, 1.165) is 71.7 Å². The normalized spacial score (nSPS) is 12.1. The van der Waals surface area contributed by atoms with Crippen LogP contribution in [-0.4, -0.2) is 19.1 Å². The molecule has 0 spiro atoms. The molecule has 0 fully saturated rings. The summed E-state index contributed by atoms with van der Waals surface area (Å²) in [4.78, 5) is 10.8. The van der Waals surface area contributed by atoms with Crippen LogP contribution in [0, 0.1) is 0 Å². The van der Waals surface area contributed by atoms with Crippen LogP contribution in [0.3, 0.4) is 0 Å². The van der Waals surface area contributed by atoms with Crippen LogP contribution in [0.4, 0.5) is 0 Å². The molecule has 0 atom stereocenters. The zero-order chi connectivity index (χ0) is 38.6. The molecule has 59 heavy (non-hydrogen) atoms. The van der Waals surface area contributed by atoms with E-state index in [-0.39, 0.29) is 0 Å². The quantitative estimate of drug-likeness (QED) is 0.180. The van der Waals surface area contributed by atoms with E-state index < -0.39 is 0 Å². The molecule has 0 amide bonds. The number of rotatable bonds is 4. The first kappa shape index (κ1) is 32.1. The van der Waals surface area contributed by atoms with Crippen molar-refractivity contribution in [3.05, 3.63) is 194 Å². The maximum atomic E-state index is 6.36. The Labute approximate surface area is 337 Å². The van der Waals surface area contributed by atoms with Gasteiger partial charge < -0.3 is 8.98 Å². The first-order valence-electron chi connectivity index (χ1n) is 20.0. The van der Waals surface area contributed by atoms with Crippen LogP contribution in [0.2, 0.25) is 0 Å². The van der Waals surface area contributed by atoms with Gasteiger partial charge in [-0.25, -0.2) is 9.97 Å². The highest BCUT2D eigenvalue weighted by molar-refractivity contribution is 6.33. The van der Waals surface area contributed by atoms with Crippen molar-refractivity contribution in [3.8, 4) is 34.0 Å². The highest BCUT2D eigenvalue weighted by Gasteiger charge is 2.24. The smallest absolute Gasteiger partial charge is 0.235 e. The average Bonchev–Trinajstić information content (AvgIpc) is 3.96. The molecule has 0 aliphatic heterocycles. The second kappa shape index (κ2) is 12.2. The topological polar surface area (TPSA) is 48.8 Å². The SMILES string of the molecule is c1ccc(-c2ccc(-n3c4ccc5ccccc5c4c4c5c6ccccc6n(-c6nc(-c7ccc8c(c7)oc7ccccc78)c7ccccc7n6)c5ccc43)cc2)cc1. The van der Waals surface area contributed by atoms with Crippen LogP contribution in [0.15, 0.2) is 199 Å². The Morgan fingerprint density at radius 3 is 1.83 bits per heavy atom. The van der Waals surface area contributed by atoms with Crippen molar-refractivity contribution in [2.45, 2.75) is 0 Å². The summed E-state index contributed by atoms with van der Waals surface area (Å²) in [7, 11) is 0. The minimum atomic E-state index is 0.624. The number of aromatic nitrogens is 4. The number of fused-ring (bicyclic) bond motifs is 13. The lowest BCUT2D eigenvalue weighted by Gasteiger charge is -2.12. The molecular weight excluding hydrogens is 721 g/mol. The van der Waals surface area contributed by atoms with Gasteiger partial charge in [-0.15, -0.1) is 0 Å². The van der Waals surface area contributed by atoms with Crippen LogP contribution in [0.25, 0.3) is 121 Å². The molecule has 0 aliphatic rings. The van der Waals surface area contributed by atoms with E-state index >= 15 is 0 Å². The fourth-order valence-electron chi connectivity index (χ4n) is 9.51. The third-order valence-corrected chi connectivity index (χ3v) is 12.1. The van der Waals surface area contributed by atoms with Gasteiger partial charge in [-0.1, -0.05) is 133 Å². The summed E-state index contributed by atoms with van der Waals surface area (Å²) in [6, 6.07) is 69.0. The lowest BCUT2D eigenvalue weighted by Crippen LogP contribution is -2.03. The maximum absolute atomic E-state index is 6.36. The van der Waals surface area contributed by atoms with Crippen molar-refractivity contribution in [1.82, 2.24) is 19.1 Å². The molecule has 5 heteroatoms. The minimum Gasteiger partial charge on any atom is -0.456 e. The molecule has 9 aromatic carbocycles. The molecule has 4 heterocycles. The van der Waals surface area contributed by atoms with Crippen LogP contribution in [0.5, 0.6) is 0 Å². The Balaban J connectivity index is 1.10. The van der Waals surface area contributed by atoms with Crippen LogP contribution in [-0.2, 0) is 0 Å². The summed E-state index contributed by atoms with van der Waals surface area (Å²) >= 11 is 0. The number of para-hydroxylation sites is 3. The lowest BCUT2D eigenvalue weighted by atomic mass is 10.0. The molecule has 0 radical (unpaired) electrons. The summed E-state index contributed by atoms with van der Waals surface area (Å²) in [5.74, 6) is 0.624. The number of nitrogens with zero attached hydrogens (tertiary/aromatic N) is 4. The Morgan fingerprint density at radius 2 is 0.966 bits per heavy atom. The number of furan rings is 1. The molecular formula is C54H32N4O. The zero-order valence-corrected chi connectivity index (χ0v) is 31.7. The van der Waals surface area contributed by atoms with Gasteiger partial charge in [0, 0.05) is 49.0 Å². The third kappa shape index (κ3) is 4.67. The number of hydrogen-bond acceptors (Lipinski definition) is 3. The first-order valence-corrected chi connectivity index (χ1v) is 20.0. The van der Waals surface area contributed by atoms with Crippen LogP contribution in [0.1, 0.15) is 0 Å². The molecule has 0 bridgehead atoms. The minimum absolute atomic E-state index is 0.624. The van der Waals surface area contributed by atoms with Crippen molar-refractivity contribution in [3.63, 3.8) is 0 Å². The van der Waals surface area contributed by atoms with Gasteiger partial charge >= 0.3 is 0 Å². The monoisotopic (exact) mass is 752 g/mol. The Bertz CT molecular complexity index is 3830. The van der Waals surface area contributed by atoms with Crippen LogP contribution < -0.4 is 0 Å². The zero-order valence-electron chi connectivity index (χ0n) is 31.7. The van der Waals surface area contributed by atoms with E-state index in [1.807, 2.05) is 18.2 Å². The van der Waals surface area contributed by atoms with Gasteiger partial charge in [0.2, 0.25) is 5.95 Å². The molecule has 5 nitrogen and oxygen atoms in total. The Kier molecular flexibility index (Phi) is 6.66. The highest BCUT2D eigenvalue weighted by Crippen LogP contribution is 2.45. The standard InChI is InChI=1S/C54H32N4O/c1-2-12-33(13-3-1)34-22-26-37(27-23-34)57-45-29-25-35-14-4-5-15-38(35)50(45)52-47(57)31-30-46-51(52)42-18-7-10-20-44(42)58(46)54-55-43-19-9-6-17-41(43)53(56-54)36-24-28-40-39-16-8-11-21-48(39)59-49(40)32-36/h1-32H. The molecule has 0 aliphatic carbocycles. The summed E-state index contributed by atoms with van der Waals surface area (Å²) in [5, 5.41) is 10.4. The maximum Gasteiger partial charge on any atom is 0.235 e. The molecule has 0 N–H and O–H groups in total. The second-order valence-electron chi connectivity index (χ2n) is 15.3. The largest absolute Gasteiger partial charge is 0.456 e. The van der Waals surface area contributed by atoms with Gasteiger partial charge in [0.1, 0.15) is 11.2 Å². The van der Waals surface area contributed by atoms with E-state index in [4.69, 9.17) is 14.4 Å². The van der Waals surface area contributed by atoms with Crippen molar-refractivity contribution in [2.24, 2.45) is 0 Å². The predicted octanol–water partition coefficient (Wildman–Crippen LogP) is 14.2. The summed E-state index contributed by atoms with van der Waals surface area (Å²) in [6.45, 7) is 0. The van der Waals surface area contributed by atoms with Crippen molar-refractivity contribution >= 4 is 87.2 Å². The fourth-order valence-corrected chi connectivity index (χ4v) is 9.51. The molecule has 0 saturated carbocycles. The number of benzene rings is 9. The molecule has 0 unspecified atom stereocenters. The van der Waals surface area contributed by atoms with Crippen molar-refractivity contribution < 1.29 is 4.42 Å². The Hall–Kier alpha value is -8.02. The van der Waals surface area contributed by atoms with Crippen molar-refractivity contribution in [2.75, 3.05) is 0 Å². The van der Waals surface area contributed by atoms with E-state index in [9.17, 15) is 0 Å². The molecule has 4 aromatic heterocycles. The van der Waals surface area contributed by atoms with Crippen LogP contribution >= 0.6 is 0 Å². The molecule has 13 rings (SSSR count). The van der Waals surface area contributed by atoms with E-state index in [0.29, 0.717) is 5.95 Å².